The highest BCUT2D eigenvalue weighted by atomic mass is 32.2. The first kappa shape index (κ1) is 14.4. The Morgan fingerprint density at radius 2 is 2.24 bits per heavy atom. The third-order valence-electron chi connectivity index (χ3n) is 3.03. The van der Waals surface area contributed by atoms with Gasteiger partial charge in [-0.3, -0.25) is 4.79 Å². The highest BCUT2D eigenvalue weighted by Gasteiger charge is 2.35. The molecule has 1 fully saturated rings. The summed E-state index contributed by atoms with van der Waals surface area (Å²) >= 11 is 0. The Balaban J connectivity index is 2.76. The standard InChI is InChI=1S/C10H20N2O4S/c1-2-9(11)10(14)12(4-5-13)8-3-6-17(15,16)7-8/h8-9,13H,2-7,11H2,1H3/t8?,9-/m0/s1. The lowest BCUT2D eigenvalue weighted by molar-refractivity contribution is -0.135. The quantitative estimate of drug-likeness (QED) is 0.645. The normalized spacial score (nSPS) is 24.5. The maximum absolute atomic E-state index is 12.0. The predicted molar refractivity (Wildman–Crippen MR) is 64.1 cm³/mol. The minimum atomic E-state index is -3.04. The van der Waals surface area contributed by atoms with E-state index in [-0.39, 0.29) is 36.6 Å². The monoisotopic (exact) mass is 264 g/mol. The van der Waals surface area contributed by atoms with E-state index in [9.17, 15) is 13.2 Å². The highest BCUT2D eigenvalue weighted by molar-refractivity contribution is 7.91. The van der Waals surface area contributed by atoms with Crippen LogP contribution in [0.2, 0.25) is 0 Å². The number of hydrogen-bond acceptors (Lipinski definition) is 5. The third kappa shape index (κ3) is 3.65. The molecule has 2 atom stereocenters. The fourth-order valence-electron chi connectivity index (χ4n) is 1.99. The van der Waals surface area contributed by atoms with E-state index in [0.29, 0.717) is 12.8 Å². The lowest BCUT2D eigenvalue weighted by Gasteiger charge is -2.29. The van der Waals surface area contributed by atoms with Crippen molar-refractivity contribution in [3.05, 3.63) is 0 Å². The molecular formula is C10H20N2O4S. The number of carbonyl (C=O) groups is 1. The molecule has 0 bridgehead atoms. The molecule has 0 spiro atoms. The Bertz CT molecular complexity index is 369. The summed E-state index contributed by atoms with van der Waals surface area (Å²) in [5, 5.41) is 8.95. The van der Waals surface area contributed by atoms with Gasteiger partial charge in [0.05, 0.1) is 24.2 Å². The van der Waals surface area contributed by atoms with E-state index in [2.05, 4.69) is 0 Å². The number of sulfone groups is 1. The van der Waals surface area contributed by atoms with Crippen molar-refractivity contribution in [1.82, 2.24) is 4.90 Å². The van der Waals surface area contributed by atoms with Crippen LogP contribution in [0.4, 0.5) is 0 Å². The second-order valence-corrected chi connectivity index (χ2v) is 6.56. The van der Waals surface area contributed by atoms with Crippen LogP contribution in [0, 0.1) is 0 Å². The molecule has 7 heteroatoms. The Labute approximate surface area is 102 Å². The Kier molecular flexibility index (Phi) is 4.91. The van der Waals surface area contributed by atoms with E-state index < -0.39 is 15.9 Å². The average Bonchev–Trinajstić information content (AvgIpc) is 2.64. The molecule has 1 aliphatic rings. The molecule has 1 saturated heterocycles. The van der Waals surface area contributed by atoms with Gasteiger partial charge in [-0.25, -0.2) is 8.42 Å². The molecule has 100 valence electrons. The molecule has 0 aromatic heterocycles. The fraction of sp³-hybridized carbons (Fsp3) is 0.900. The first-order valence-corrected chi connectivity index (χ1v) is 7.60. The number of aliphatic hydroxyl groups is 1. The van der Waals surface area contributed by atoms with E-state index in [1.165, 1.54) is 4.90 Å². The zero-order valence-corrected chi connectivity index (χ0v) is 10.8. The molecule has 1 aliphatic heterocycles. The molecule has 6 nitrogen and oxygen atoms in total. The zero-order valence-electron chi connectivity index (χ0n) is 10.0. The van der Waals surface area contributed by atoms with Crippen LogP contribution in [-0.2, 0) is 14.6 Å². The summed E-state index contributed by atoms with van der Waals surface area (Å²) < 4.78 is 22.8. The van der Waals surface area contributed by atoms with Crippen LogP contribution in [0.5, 0.6) is 0 Å². The topological polar surface area (TPSA) is 101 Å². The third-order valence-corrected chi connectivity index (χ3v) is 4.78. The van der Waals surface area contributed by atoms with Crippen LogP contribution in [0.3, 0.4) is 0 Å². The van der Waals surface area contributed by atoms with Crippen LogP contribution in [0.1, 0.15) is 19.8 Å². The molecule has 3 N–H and O–H groups in total. The van der Waals surface area contributed by atoms with E-state index in [1.807, 2.05) is 0 Å². The lowest BCUT2D eigenvalue weighted by Crippen LogP contribution is -2.50. The highest BCUT2D eigenvalue weighted by Crippen LogP contribution is 2.18. The van der Waals surface area contributed by atoms with E-state index in [0.717, 1.165) is 0 Å². The molecule has 1 heterocycles. The smallest absolute Gasteiger partial charge is 0.239 e. The summed E-state index contributed by atoms with van der Waals surface area (Å²) in [4.78, 5) is 13.4. The molecule has 0 aromatic carbocycles. The second-order valence-electron chi connectivity index (χ2n) is 4.33. The van der Waals surface area contributed by atoms with Gasteiger partial charge < -0.3 is 15.7 Å². The number of nitrogens with two attached hydrogens (primary N) is 1. The predicted octanol–water partition coefficient (Wildman–Crippen LogP) is -1.27. The van der Waals surface area contributed by atoms with Crippen LogP contribution in [0.15, 0.2) is 0 Å². The largest absolute Gasteiger partial charge is 0.395 e. The maximum atomic E-state index is 12.0. The molecule has 1 amide bonds. The van der Waals surface area contributed by atoms with Gasteiger partial charge in [0, 0.05) is 12.6 Å². The zero-order chi connectivity index (χ0) is 13.1. The van der Waals surface area contributed by atoms with Gasteiger partial charge in [0.1, 0.15) is 0 Å². The van der Waals surface area contributed by atoms with Gasteiger partial charge in [-0.15, -0.1) is 0 Å². The second kappa shape index (κ2) is 5.79. The first-order chi connectivity index (χ1) is 7.91. The summed E-state index contributed by atoms with van der Waals surface area (Å²) in [5.41, 5.74) is 5.66. The Hall–Kier alpha value is -0.660. The van der Waals surface area contributed by atoms with Crippen molar-refractivity contribution in [2.75, 3.05) is 24.7 Å². The van der Waals surface area contributed by atoms with Crippen molar-refractivity contribution in [2.24, 2.45) is 5.73 Å². The van der Waals surface area contributed by atoms with Crippen LogP contribution in [0.25, 0.3) is 0 Å². The lowest BCUT2D eigenvalue weighted by atomic mass is 10.1. The van der Waals surface area contributed by atoms with Gasteiger partial charge in [0.2, 0.25) is 5.91 Å². The van der Waals surface area contributed by atoms with Crippen molar-refractivity contribution in [3.63, 3.8) is 0 Å². The van der Waals surface area contributed by atoms with Gasteiger partial charge in [-0.1, -0.05) is 6.92 Å². The number of carbonyl (C=O) groups excluding carboxylic acids is 1. The van der Waals surface area contributed by atoms with Crippen LogP contribution >= 0.6 is 0 Å². The SMILES string of the molecule is CC[C@H](N)C(=O)N(CCO)C1CCS(=O)(=O)C1. The van der Waals surface area contributed by atoms with Crippen molar-refractivity contribution in [1.29, 1.82) is 0 Å². The van der Waals surface area contributed by atoms with E-state index >= 15 is 0 Å². The molecule has 0 radical (unpaired) electrons. The maximum Gasteiger partial charge on any atom is 0.239 e. The Morgan fingerprint density at radius 3 is 2.65 bits per heavy atom. The van der Waals surface area contributed by atoms with E-state index in [1.54, 1.807) is 6.92 Å². The van der Waals surface area contributed by atoms with Crippen molar-refractivity contribution in [2.45, 2.75) is 31.8 Å². The Morgan fingerprint density at radius 1 is 1.59 bits per heavy atom. The number of amides is 1. The minimum absolute atomic E-state index is 0.0187. The summed E-state index contributed by atoms with van der Waals surface area (Å²) in [5.74, 6) is -0.188. The van der Waals surface area contributed by atoms with Crippen molar-refractivity contribution < 1.29 is 18.3 Å². The van der Waals surface area contributed by atoms with Gasteiger partial charge in [-0.2, -0.15) is 0 Å². The summed E-state index contributed by atoms with van der Waals surface area (Å²) in [7, 11) is -3.04. The number of rotatable bonds is 5. The summed E-state index contributed by atoms with van der Waals surface area (Å²) in [6.45, 7) is 1.76. The number of aliphatic hydroxyl groups excluding tert-OH is 1. The van der Waals surface area contributed by atoms with E-state index in [4.69, 9.17) is 10.8 Å². The molecule has 0 saturated carbocycles. The molecule has 1 rings (SSSR count). The molecule has 1 unspecified atom stereocenters. The minimum Gasteiger partial charge on any atom is -0.395 e. The molecule has 0 aliphatic carbocycles. The summed E-state index contributed by atoms with van der Waals surface area (Å²) in [6.07, 6.45) is 0.935. The molecule has 0 aromatic rings. The van der Waals surface area contributed by atoms with Crippen LogP contribution in [-0.4, -0.2) is 61.1 Å². The van der Waals surface area contributed by atoms with Gasteiger partial charge in [0.15, 0.2) is 9.84 Å². The number of nitrogens with zero attached hydrogens (tertiary/aromatic N) is 1. The number of hydrogen-bond donors (Lipinski definition) is 2. The first-order valence-electron chi connectivity index (χ1n) is 5.78. The van der Waals surface area contributed by atoms with Gasteiger partial charge >= 0.3 is 0 Å². The molecule has 17 heavy (non-hydrogen) atoms. The van der Waals surface area contributed by atoms with Gasteiger partial charge in [0.25, 0.3) is 0 Å². The summed E-state index contributed by atoms with van der Waals surface area (Å²) in [6, 6.07) is -0.956. The van der Waals surface area contributed by atoms with Crippen molar-refractivity contribution >= 4 is 15.7 Å². The fourth-order valence-corrected chi connectivity index (χ4v) is 3.72. The van der Waals surface area contributed by atoms with Crippen LogP contribution < -0.4 is 5.73 Å². The van der Waals surface area contributed by atoms with Crippen molar-refractivity contribution in [3.8, 4) is 0 Å². The average molecular weight is 264 g/mol. The van der Waals surface area contributed by atoms with Gasteiger partial charge in [-0.05, 0) is 12.8 Å². The molecular weight excluding hydrogens is 244 g/mol.